The molecular weight excluding hydrogens is 271 g/mol. The lowest BCUT2D eigenvalue weighted by Gasteiger charge is -2.29. The molecular formula is C13H24Cl2N2O. The zero-order chi connectivity index (χ0) is 11.5. The Morgan fingerprint density at radius 1 is 1.33 bits per heavy atom. The molecule has 1 amide bonds. The molecule has 3 nitrogen and oxygen atoms in total. The van der Waals surface area contributed by atoms with Crippen LogP contribution in [0.3, 0.4) is 0 Å². The Bertz CT molecular complexity index is 286. The molecule has 1 aliphatic carbocycles. The molecule has 2 rings (SSSR count). The third-order valence-corrected chi connectivity index (χ3v) is 4.07. The second-order valence-corrected chi connectivity index (χ2v) is 5.14. The fourth-order valence-corrected chi connectivity index (χ4v) is 3.10. The molecule has 0 radical (unpaired) electrons. The Balaban J connectivity index is 0.00000144. The van der Waals surface area contributed by atoms with E-state index in [-0.39, 0.29) is 30.7 Å². The fraction of sp³-hybridized carbons (Fsp3) is 0.769. The molecule has 1 saturated heterocycles. The maximum absolute atomic E-state index is 11.9. The SMILES string of the molecule is C=CCCC(=O)N1CC2CCCC(N)C2C1.Cl.Cl. The van der Waals surface area contributed by atoms with Crippen LogP contribution in [0, 0.1) is 11.8 Å². The van der Waals surface area contributed by atoms with Gasteiger partial charge in [-0.05, 0) is 31.1 Å². The number of allylic oxidation sites excluding steroid dienone is 1. The molecule has 0 bridgehead atoms. The lowest BCUT2D eigenvalue weighted by Crippen LogP contribution is -2.38. The van der Waals surface area contributed by atoms with E-state index in [1.54, 1.807) is 0 Å². The van der Waals surface area contributed by atoms with Crippen molar-refractivity contribution < 1.29 is 4.79 Å². The lowest BCUT2D eigenvalue weighted by atomic mass is 9.78. The van der Waals surface area contributed by atoms with Gasteiger partial charge in [-0.2, -0.15) is 0 Å². The summed E-state index contributed by atoms with van der Waals surface area (Å²) in [7, 11) is 0. The summed E-state index contributed by atoms with van der Waals surface area (Å²) in [6.45, 7) is 5.48. The van der Waals surface area contributed by atoms with Gasteiger partial charge in [0, 0.05) is 25.6 Å². The summed E-state index contributed by atoms with van der Waals surface area (Å²) in [6, 6.07) is 0.316. The number of nitrogens with two attached hydrogens (primary N) is 1. The first-order valence-electron chi connectivity index (χ1n) is 6.36. The van der Waals surface area contributed by atoms with E-state index < -0.39 is 0 Å². The van der Waals surface area contributed by atoms with Crippen molar-refractivity contribution in [1.29, 1.82) is 0 Å². The maximum Gasteiger partial charge on any atom is 0.222 e. The van der Waals surface area contributed by atoms with Gasteiger partial charge in [-0.25, -0.2) is 0 Å². The first-order valence-corrected chi connectivity index (χ1v) is 6.36. The van der Waals surface area contributed by atoms with Gasteiger partial charge in [-0.15, -0.1) is 31.4 Å². The Kier molecular flexibility index (Phi) is 7.92. The van der Waals surface area contributed by atoms with Crippen LogP contribution in [0.2, 0.25) is 0 Å². The Hall–Kier alpha value is -0.250. The number of carbonyl (C=O) groups is 1. The average Bonchev–Trinajstić information content (AvgIpc) is 2.71. The standard InChI is InChI=1S/C13H22N2O.2ClH/c1-2-3-7-13(16)15-8-10-5-4-6-12(14)11(10)9-15;;/h2,10-12H,1,3-9,14H2;2*1H. The summed E-state index contributed by atoms with van der Waals surface area (Å²) in [5.41, 5.74) is 6.13. The molecule has 106 valence electrons. The van der Waals surface area contributed by atoms with Crippen molar-refractivity contribution in [3.63, 3.8) is 0 Å². The average molecular weight is 295 g/mol. The monoisotopic (exact) mass is 294 g/mol. The normalized spacial score (nSPS) is 29.8. The molecule has 1 saturated carbocycles. The molecule has 2 fully saturated rings. The topological polar surface area (TPSA) is 46.3 Å². The van der Waals surface area contributed by atoms with Crippen molar-refractivity contribution >= 4 is 30.7 Å². The van der Waals surface area contributed by atoms with Crippen LogP contribution >= 0.6 is 24.8 Å². The van der Waals surface area contributed by atoms with Crippen LogP contribution in [0.5, 0.6) is 0 Å². The van der Waals surface area contributed by atoms with E-state index in [4.69, 9.17) is 5.73 Å². The number of fused-ring (bicyclic) bond motifs is 1. The van der Waals surface area contributed by atoms with E-state index in [1.165, 1.54) is 12.8 Å². The van der Waals surface area contributed by atoms with Crippen LogP contribution in [0.1, 0.15) is 32.1 Å². The minimum Gasteiger partial charge on any atom is -0.342 e. The summed E-state index contributed by atoms with van der Waals surface area (Å²) >= 11 is 0. The number of likely N-dealkylation sites (tertiary alicyclic amines) is 1. The number of hydrogen-bond donors (Lipinski definition) is 1. The van der Waals surface area contributed by atoms with Gasteiger partial charge in [-0.3, -0.25) is 4.79 Å². The third-order valence-electron chi connectivity index (χ3n) is 4.07. The van der Waals surface area contributed by atoms with E-state index in [0.717, 1.165) is 25.9 Å². The van der Waals surface area contributed by atoms with Gasteiger partial charge in [0.15, 0.2) is 0 Å². The summed E-state index contributed by atoms with van der Waals surface area (Å²) < 4.78 is 0. The van der Waals surface area contributed by atoms with Crippen molar-refractivity contribution in [3.8, 4) is 0 Å². The van der Waals surface area contributed by atoms with E-state index in [2.05, 4.69) is 6.58 Å². The molecule has 3 unspecified atom stereocenters. The molecule has 1 aliphatic heterocycles. The van der Waals surface area contributed by atoms with Crippen LogP contribution < -0.4 is 5.73 Å². The highest BCUT2D eigenvalue weighted by atomic mass is 35.5. The highest BCUT2D eigenvalue weighted by Gasteiger charge is 2.39. The Morgan fingerprint density at radius 3 is 2.67 bits per heavy atom. The zero-order valence-electron chi connectivity index (χ0n) is 10.7. The molecule has 3 atom stereocenters. The smallest absolute Gasteiger partial charge is 0.222 e. The van der Waals surface area contributed by atoms with E-state index in [9.17, 15) is 4.79 Å². The second-order valence-electron chi connectivity index (χ2n) is 5.14. The highest BCUT2D eigenvalue weighted by molar-refractivity contribution is 5.85. The first-order chi connectivity index (χ1) is 7.72. The molecule has 2 N–H and O–H groups in total. The predicted octanol–water partition coefficient (Wildman–Crippen LogP) is 2.38. The van der Waals surface area contributed by atoms with Gasteiger partial charge in [0.05, 0.1) is 0 Å². The summed E-state index contributed by atoms with van der Waals surface area (Å²) in [5.74, 6) is 1.50. The van der Waals surface area contributed by atoms with Crippen molar-refractivity contribution in [2.24, 2.45) is 17.6 Å². The van der Waals surface area contributed by atoms with Gasteiger partial charge in [0.1, 0.15) is 0 Å². The Morgan fingerprint density at radius 2 is 2.06 bits per heavy atom. The summed E-state index contributed by atoms with van der Waals surface area (Å²) in [5, 5.41) is 0. The van der Waals surface area contributed by atoms with Gasteiger partial charge in [-0.1, -0.05) is 12.5 Å². The molecule has 0 aromatic heterocycles. The number of nitrogens with zero attached hydrogens (tertiary/aromatic N) is 1. The molecule has 1 heterocycles. The maximum atomic E-state index is 11.9. The molecule has 2 aliphatic rings. The number of halogens is 2. The predicted molar refractivity (Wildman–Crippen MR) is 79.3 cm³/mol. The van der Waals surface area contributed by atoms with Crippen LogP contribution in [0.15, 0.2) is 12.7 Å². The van der Waals surface area contributed by atoms with Crippen molar-refractivity contribution in [3.05, 3.63) is 12.7 Å². The first kappa shape index (κ1) is 17.8. The molecule has 0 spiro atoms. The van der Waals surface area contributed by atoms with Gasteiger partial charge >= 0.3 is 0 Å². The van der Waals surface area contributed by atoms with Crippen LogP contribution in [-0.4, -0.2) is 29.9 Å². The minimum atomic E-state index is 0. The van der Waals surface area contributed by atoms with Crippen LogP contribution in [0.25, 0.3) is 0 Å². The second kappa shape index (κ2) is 8.03. The molecule has 0 aromatic rings. The largest absolute Gasteiger partial charge is 0.342 e. The number of hydrogen-bond acceptors (Lipinski definition) is 2. The number of rotatable bonds is 3. The third kappa shape index (κ3) is 3.87. The van der Waals surface area contributed by atoms with E-state index >= 15 is 0 Å². The summed E-state index contributed by atoms with van der Waals surface area (Å²) in [6.07, 6.45) is 6.83. The zero-order valence-corrected chi connectivity index (χ0v) is 12.3. The van der Waals surface area contributed by atoms with Crippen LogP contribution in [-0.2, 0) is 4.79 Å². The lowest BCUT2D eigenvalue weighted by molar-refractivity contribution is -0.130. The van der Waals surface area contributed by atoms with E-state index in [1.807, 2.05) is 11.0 Å². The quantitative estimate of drug-likeness (QED) is 0.813. The Labute approximate surface area is 122 Å². The highest BCUT2D eigenvalue weighted by Crippen LogP contribution is 2.35. The van der Waals surface area contributed by atoms with Crippen molar-refractivity contribution in [2.45, 2.75) is 38.1 Å². The van der Waals surface area contributed by atoms with Crippen molar-refractivity contribution in [2.75, 3.05) is 13.1 Å². The number of amides is 1. The van der Waals surface area contributed by atoms with E-state index in [0.29, 0.717) is 24.3 Å². The summed E-state index contributed by atoms with van der Waals surface area (Å²) in [4.78, 5) is 13.9. The molecule has 18 heavy (non-hydrogen) atoms. The van der Waals surface area contributed by atoms with Crippen LogP contribution in [0.4, 0.5) is 0 Å². The fourth-order valence-electron chi connectivity index (χ4n) is 3.10. The minimum absolute atomic E-state index is 0. The van der Waals surface area contributed by atoms with Gasteiger partial charge in [0.2, 0.25) is 5.91 Å². The van der Waals surface area contributed by atoms with Gasteiger partial charge < -0.3 is 10.6 Å². The van der Waals surface area contributed by atoms with Gasteiger partial charge in [0.25, 0.3) is 0 Å². The molecule has 5 heteroatoms. The van der Waals surface area contributed by atoms with Crippen molar-refractivity contribution in [1.82, 2.24) is 4.90 Å². The molecule has 0 aromatic carbocycles. The number of carbonyl (C=O) groups excluding carboxylic acids is 1.